The molecule has 1 heterocycles. The molecule has 0 saturated carbocycles. The standard InChI is InChI=1S/C15H28N2O/c1-11(2)10-13(16)14(18)17-8-6-12(7-9-17)15(3,4)5/h6,11,13H,7-10,16H2,1-5H3/t13-/m1/s1. The summed E-state index contributed by atoms with van der Waals surface area (Å²) in [6, 6.07) is -0.338. The van der Waals surface area contributed by atoms with Crippen LogP contribution in [0.2, 0.25) is 0 Å². The molecule has 18 heavy (non-hydrogen) atoms. The van der Waals surface area contributed by atoms with Crippen LogP contribution in [-0.2, 0) is 4.79 Å². The molecule has 1 atom stereocenters. The Hall–Kier alpha value is -0.830. The maximum atomic E-state index is 12.2. The number of rotatable bonds is 3. The molecule has 0 fully saturated rings. The van der Waals surface area contributed by atoms with Crippen molar-refractivity contribution in [1.29, 1.82) is 0 Å². The minimum atomic E-state index is -0.338. The molecule has 3 nitrogen and oxygen atoms in total. The predicted octanol–water partition coefficient (Wildman–Crippen LogP) is 2.56. The lowest BCUT2D eigenvalue weighted by atomic mass is 9.83. The number of nitrogens with two attached hydrogens (primary N) is 1. The molecule has 1 aliphatic rings. The lowest BCUT2D eigenvalue weighted by molar-refractivity contribution is -0.132. The second-order valence-electron chi connectivity index (χ2n) is 6.75. The predicted molar refractivity (Wildman–Crippen MR) is 76.2 cm³/mol. The third-order valence-corrected chi connectivity index (χ3v) is 3.53. The van der Waals surface area contributed by atoms with Crippen molar-refractivity contribution in [3.63, 3.8) is 0 Å². The molecule has 0 spiro atoms. The lowest BCUT2D eigenvalue weighted by Crippen LogP contribution is -2.46. The highest BCUT2D eigenvalue weighted by Crippen LogP contribution is 2.30. The first kappa shape index (κ1) is 15.2. The Morgan fingerprint density at radius 3 is 2.44 bits per heavy atom. The average molecular weight is 252 g/mol. The molecule has 1 amide bonds. The number of carbonyl (C=O) groups is 1. The van der Waals surface area contributed by atoms with E-state index in [-0.39, 0.29) is 17.4 Å². The zero-order chi connectivity index (χ0) is 13.9. The Bertz CT molecular complexity index is 326. The van der Waals surface area contributed by atoms with Crippen LogP contribution >= 0.6 is 0 Å². The Balaban J connectivity index is 2.57. The van der Waals surface area contributed by atoms with Gasteiger partial charge in [0.25, 0.3) is 0 Å². The van der Waals surface area contributed by atoms with E-state index in [1.165, 1.54) is 5.57 Å². The van der Waals surface area contributed by atoms with Crippen LogP contribution in [0.25, 0.3) is 0 Å². The van der Waals surface area contributed by atoms with Gasteiger partial charge in [-0.1, -0.05) is 46.3 Å². The number of amides is 1. The minimum Gasteiger partial charge on any atom is -0.337 e. The van der Waals surface area contributed by atoms with Crippen LogP contribution in [0.4, 0.5) is 0 Å². The van der Waals surface area contributed by atoms with Gasteiger partial charge in [0, 0.05) is 13.1 Å². The van der Waals surface area contributed by atoms with Crippen LogP contribution in [0.1, 0.15) is 47.5 Å². The van der Waals surface area contributed by atoms with Crippen molar-refractivity contribution in [3.8, 4) is 0 Å². The first-order valence-corrected chi connectivity index (χ1v) is 6.95. The van der Waals surface area contributed by atoms with E-state index in [0.29, 0.717) is 5.92 Å². The van der Waals surface area contributed by atoms with E-state index >= 15 is 0 Å². The monoisotopic (exact) mass is 252 g/mol. The maximum absolute atomic E-state index is 12.2. The summed E-state index contributed by atoms with van der Waals surface area (Å²) in [5, 5.41) is 0. The highest BCUT2D eigenvalue weighted by Gasteiger charge is 2.26. The van der Waals surface area contributed by atoms with Gasteiger partial charge in [-0.25, -0.2) is 0 Å². The van der Waals surface area contributed by atoms with E-state index in [9.17, 15) is 4.79 Å². The number of hydrogen-bond acceptors (Lipinski definition) is 2. The van der Waals surface area contributed by atoms with Gasteiger partial charge in [-0.2, -0.15) is 0 Å². The Morgan fingerprint density at radius 1 is 1.44 bits per heavy atom. The molecule has 1 rings (SSSR count). The topological polar surface area (TPSA) is 46.3 Å². The maximum Gasteiger partial charge on any atom is 0.239 e. The third kappa shape index (κ3) is 4.13. The lowest BCUT2D eigenvalue weighted by Gasteiger charge is -2.33. The smallest absolute Gasteiger partial charge is 0.239 e. The van der Waals surface area contributed by atoms with E-state index in [4.69, 9.17) is 5.73 Å². The largest absolute Gasteiger partial charge is 0.337 e. The van der Waals surface area contributed by atoms with Crippen molar-refractivity contribution < 1.29 is 4.79 Å². The molecular formula is C15H28N2O. The highest BCUT2D eigenvalue weighted by atomic mass is 16.2. The fourth-order valence-electron chi connectivity index (χ4n) is 2.39. The zero-order valence-electron chi connectivity index (χ0n) is 12.5. The normalized spacial score (nSPS) is 18.8. The molecule has 0 unspecified atom stereocenters. The molecule has 0 aliphatic carbocycles. The zero-order valence-corrected chi connectivity index (χ0v) is 12.5. The van der Waals surface area contributed by atoms with E-state index < -0.39 is 0 Å². The van der Waals surface area contributed by atoms with Gasteiger partial charge in [-0.3, -0.25) is 4.79 Å². The summed E-state index contributed by atoms with van der Waals surface area (Å²) in [6.45, 7) is 12.4. The minimum absolute atomic E-state index is 0.105. The van der Waals surface area contributed by atoms with E-state index in [2.05, 4.69) is 40.7 Å². The molecular weight excluding hydrogens is 224 g/mol. The summed E-state index contributed by atoms with van der Waals surface area (Å²) < 4.78 is 0. The van der Waals surface area contributed by atoms with Crippen LogP contribution in [-0.4, -0.2) is 29.9 Å². The summed E-state index contributed by atoms with van der Waals surface area (Å²) in [6.07, 6.45) is 3.94. The summed E-state index contributed by atoms with van der Waals surface area (Å²) in [5.41, 5.74) is 7.62. The van der Waals surface area contributed by atoms with Gasteiger partial charge >= 0.3 is 0 Å². The molecule has 0 radical (unpaired) electrons. The van der Waals surface area contributed by atoms with Gasteiger partial charge in [0.05, 0.1) is 6.04 Å². The molecule has 0 aromatic heterocycles. The van der Waals surface area contributed by atoms with Crippen LogP contribution in [0.5, 0.6) is 0 Å². The quantitative estimate of drug-likeness (QED) is 0.785. The van der Waals surface area contributed by atoms with Crippen molar-refractivity contribution >= 4 is 5.91 Å². The van der Waals surface area contributed by atoms with Gasteiger partial charge in [0.2, 0.25) is 5.91 Å². The van der Waals surface area contributed by atoms with E-state index in [1.54, 1.807) is 0 Å². The van der Waals surface area contributed by atoms with Crippen molar-refractivity contribution in [1.82, 2.24) is 4.90 Å². The molecule has 2 N–H and O–H groups in total. The summed E-state index contributed by atoms with van der Waals surface area (Å²) >= 11 is 0. The van der Waals surface area contributed by atoms with Crippen LogP contribution < -0.4 is 5.73 Å². The van der Waals surface area contributed by atoms with Crippen molar-refractivity contribution in [2.24, 2.45) is 17.1 Å². The third-order valence-electron chi connectivity index (χ3n) is 3.53. The average Bonchev–Trinajstić information content (AvgIpc) is 2.26. The van der Waals surface area contributed by atoms with Gasteiger partial charge in [-0.15, -0.1) is 0 Å². The molecule has 3 heteroatoms. The molecule has 104 valence electrons. The SMILES string of the molecule is CC(C)C[C@@H](N)C(=O)N1CC=C(C(C)(C)C)CC1. The first-order chi connectivity index (χ1) is 8.21. The second-order valence-corrected chi connectivity index (χ2v) is 6.75. The molecule has 0 aromatic carbocycles. The van der Waals surface area contributed by atoms with E-state index in [1.807, 2.05) is 4.90 Å². The van der Waals surface area contributed by atoms with Crippen molar-refractivity contribution in [2.45, 2.75) is 53.5 Å². The van der Waals surface area contributed by atoms with Crippen LogP contribution in [0.15, 0.2) is 11.6 Å². The Morgan fingerprint density at radius 2 is 2.06 bits per heavy atom. The van der Waals surface area contributed by atoms with Crippen molar-refractivity contribution in [2.75, 3.05) is 13.1 Å². The van der Waals surface area contributed by atoms with Crippen LogP contribution in [0, 0.1) is 11.3 Å². The van der Waals surface area contributed by atoms with Gasteiger partial charge in [-0.05, 0) is 24.2 Å². The molecule has 1 aliphatic heterocycles. The summed E-state index contributed by atoms with van der Waals surface area (Å²) in [4.78, 5) is 14.1. The number of carbonyl (C=O) groups excluding carboxylic acids is 1. The number of nitrogens with zero attached hydrogens (tertiary/aromatic N) is 1. The second kappa shape index (κ2) is 5.87. The Kier molecular flexibility index (Phi) is 4.97. The van der Waals surface area contributed by atoms with Crippen molar-refractivity contribution in [3.05, 3.63) is 11.6 Å². The number of hydrogen-bond donors (Lipinski definition) is 1. The highest BCUT2D eigenvalue weighted by molar-refractivity contribution is 5.82. The van der Waals surface area contributed by atoms with Crippen LogP contribution in [0.3, 0.4) is 0 Å². The molecule has 0 saturated heterocycles. The van der Waals surface area contributed by atoms with Gasteiger partial charge < -0.3 is 10.6 Å². The molecule has 0 aromatic rings. The fraction of sp³-hybridized carbons (Fsp3) is 0.800. The first-order valence-electron chi connectivity index (χ1n) is 6.95. The van der Waals surface area contributed by atoms with E-state index in [0.717, 1.165) is 25.9 Å². The van der Waals surface area contributed by atoms with Gasteiger partial charge in [0.15, 0.2) is 0 Å². The summed E-state index contributed by atoms with van der Waals surface area (Å²) in [5.74, 6) is 0.572. The Labute approximate surface area is 111 Å². The summed E-state index contributed by atoms with van der Waals surface area (Å²) in [7, 11) is 0. The molecule has 0 bridgehead atoms. The fourth-order valence-corrected chi connectivity index (χ4v) is 2.39. The van der Waals surface area contributed by atoms with Gasteiger partial charge in [0.1, 0.15) is 0 Å².